The highest BCUT2D eigenvalue weighted by Gasteiger charge is 2.20. The van der Waals surface area contributed by atoms with Gasteiger partial charge in [-0.15, -0.1) is 0 Å². The van der Waals surface area contributed by atoms with Crippen molar-refractivity contribution < 1.29 is 4.79 Å². The fourth-order valence-electron chi connectivity index (χ4n) is 3.56. The Morgan fingerprint density at radius 3 is 2.48 bits per heavy atom. The van der Waals surface area contributed by atoms with E-state index in [0.29, 0.717) is 28.3 Å². The van der Waals surface area contributed by atoms with Crippen LogP contribution in [-0.4, -0.2) is 67.3 Å². The molecule has 2 rings (SSSR count). The number of amides is 1. The molecule has 2 aromatic rings. The minimum absolute atomic E-state index is 0.0789. The van der Waals surface area contributed by atoms with Crippen LogP contribution in [0, 0.1) is 19.3 Å². The molecule has 2 aromatic heterocycles. The molecule has 0 aliphatic rings. The van der Waals surface area contributed by atoms with Crippen LogP contribution in [0.2, 0.25) is 0 Å². The molecule has 0 aliphatic carbocycles. The van der Waals surface area contributed by atoms with E-state index in [1.165, 1.54) is 0 Å². The molecule has 0 unspecified atom stereocenters. The number of carbonyl (C=O) groups excluding carboxylic acids is 1. The summed E-state index contributed by atoms with van der Waals surface area (Å²) in [7, 11) is 6.01. The number of H-pyrrole nitrogens is 1. The van der Waals surface area contributed by atoms with Crippen molar-refractivity contribution in [3.05, 3.63) is 50.4 Å². The van der Waals surface area contributed by atoms with Crippen molar-refractivity contribution in [2.45, 2.75) is 46.7 Å². The largest absolute Gasteiger partial charge is 0.367 e. The molecule has 2 heterocycles. The Bertz CT molecular complexity index is 1040. The van der Waals surface area contributed by atoms with Crippen LogP contribution < -0.4 is 21.1 Å². The van der Waals surface area contributed by atoms with Crippen molar-refractivity contribution in [3.8, 4) is 0 Å². The molecule has 0 bridgehead atoms. The minimum Gasteiger partial charge on any atom is -0.367 e. The molecule has 1 amide bonds. The maximum absolute atomic E-state index is 13.2. The summed E-state index contributed by atoms with van der Waals surface area (Å²) in [5, 5.41) is 14.0. The lowest BCUT2D eigenvalue weighted by Gasteiger charge is -2.23. The molecule has 33 heavy (non-hydrogen) atoms. The molecule has 0 aromatic carbocycles. The van der Waals surface area contributed by atoms with Crippen LogP contribution in [0.3, 0.4) is 0 Å². The van der Waals surface area contributed by atoms with Gasteiger partial charge >= 0.3 is 0 Å². The summed E-state index contributed by atoms with van der Waals surface area (Å²) in [5.74, 6) is 0.786. The van der Waals surface area contributed by atoms with Crippen molar-refractivity contribution >= 4 is 23.8 Å². The number of aryl methyl sites for hydroxylation is 2. The number of nitrogens with zero attached hydrogens (tertiary/aromatic N) is 3. The Morgan fingerprint density at radius 1 is 1.21 bits per heavy atom. The van der Waals surface area contributed by atoms with Gasteiger partial charge in [-0.25, -0.2) is 4.98 Å². The lowest BCUT2D eigenvalue weighted by atomic mass is 10.1. The van der Waals surface area contributed by atoms with Gasteiger partial charge < -0.3 is 30.8 Å². The zero-order valence-corrected chi connectivity index (χ0v) is 20.8. The van der Waals surface area contributed by atoms with Crippen LogP contribution in [0.25, 0.3) is 0 Å². The number of aromatic nitrogens is 2. The highest BCUT2D eigenvalue weighted by atomic mass is 16.1. The molecular weight excluding hydrogens is 418 g/mol. The van der Waals surface area contributed by atoms with Crippen LogP contribution >= 0.6 is 0 Å². The van der Waals surface area contributed by atoms with E-state index in [1.54, 1.807) is 6.07 Å². The average Bonchev–Trinajstić information content (AvgIpc) is 2.71. The molecule has 9 heteroatoms. The number of pyridine rings is 2. The van der Waals surface area contributed by atoms with E-state index in [-0.39, 0.29) is 24.1 Å². The Balaban J connectivity index is 2.37. The summed E-state index contributed by atoms with van der Waals surface area (Å²) in [6.07, 6.45) is 2.09. The standard InChI is InChI=1S/C24H37N7O2/c1-15(2)27-22-19(13-25)18(12-21(29-22)31(7)10-8-9-30(5)6)23(32)26-14-20-16(3)11-17(4)28-24(20)33/h11-13,15,25H,8-10,14H2,1-7H3,(H,26,32)(H,27,29)(H,28,33). The molecule has 4 N–H and O–H groups in total. The molecular formula is C24H37N7O2. The van der Waals surface area contributed by atoms with Gasteiger partial charge in [0.05, 0.1) is 5.56 Å². The molecule has 180 valence electrons. The van der Waals surface area contributed by atoms with E-state index in [1.807, 2.05) is 59.8 Å². The molecule has 9 nitrogen and oxygen atoms in total. The molecule has 0 aliphatic heterocycles. The second-order valence-corrected chi connectivity index (χ2v) is 8.94. The maximum Gasteiger partial charge on any atom is 0.253 e. The number of carbonyl (C=O) groups is 1. The number of anilines is 2. The SMILES string of the molecule is Cc1cc(C)c(CNC(=O)c2cc(N(C)CCCN(C)C)nc(NC(C)C)c2C=N)c(=O)[nH]1. The van der Waals surface area contributed by atoms with Crippen molar-refractivity contribution in [2.24, 2.45) is 0 Å². The summed E-state index contributed by atoms with van der Waals surface area (Å²) < 4.78 is 0. The van der Waals surface area contributed by atoms with E-state index < -0.39 is 0 Å². The lowest BCUT2D eigenvalue weighted by Crippen LogP contribution is -2.30. The molecule has 0 saturated heterocycles. The quantitative estimate of drug-likeness (QED) is 0.387. The monoisotopic (exact) mass is 455 g/mol. The van der Waals surface area contributed by atoms with Gasteiger partial charge in [0, 0.05) is 49.2 Å². The molecule has 0 spiro atoms. The van der Waals surface area contributed by atoms with Crippen molar-refractivity contribution in [1.29, 1.82) is 5.41 Å². The molecule has 0 saturated carbocycles. The Labute approximate surface area is 196 Å². The minimum atomic E-state index is -0.356. The lowest BCUT2D eigenvalue weighted by molar-refractivity contribution is 0.0950. The van der Waals surface area contributed by atoms with Gasteiger partial charge in [0.1, 0.15) is 11.6 Å². The number of hydrogen-bond donors (Lipinski definition) is 4. The predicted octanol–water partition coefficient (Wildman–Crippen LogP) is 2.52. The van der Waals surface area contributed by atoms with Gasteiger partial charge in [0.15, 0.2) is 0 Å². The summed E-state index contributed by atoms with van der Waals surface area (Å²) in [5.41, 5.74) is 2.67. The zero-order valence-electron chi connectivity index (χ0n) is 20.8. The van der Waals surface area contributed by atoms with Crippen LogP contribution in [0.5, 0.6) is 0 Å². The third kappa shape index (κ3) is 7.15. The third-order valence-corrected chi connectivity index (χ3v) is 5.27. The van der Waals surface area contributed by atoms with E-state index >= 15 is 0 Å². The summed E-state index contributed by atoms with van der Waals surface area (Å²) in [6, 6.07) is 3.67. The maximum atomic E-state index is 13.2. The van der Waals surface area contributed by atoms with E-state index in [0.717, 1.165) is 37.0 Å². The van der Waals surface area contributed by atoms with Crippen LogP contribution in [0.4, 0.5) is 11.6 Å². The summed E-state index contributed by atoms with van der Waals surface area (Å²) in [4.78, 5) is 37.1. The Kier molecular flexibility index (Phi) is 9.16. The second-order valence-electron chi connectivity index (χ2n) is 8.94. The van der Waals surface area contributed by atoms with Crippen LogP contribution in [0.15, 0.2) is 16.9 Å². The Morgan fingerprint density at radius 2 is 1.91 bits per heavy atom. The summed E-state index contributed by atoms with van der Waals surface area (Å²) >= 11 is 0. The predicted molar refractivity (Wildman–Crippen MR) is 135 cm³/mol. The number of rotatable bonds is 11. The highest BCUT2D eigenvalue weighted by Crippen LogP contribution is 2.23. The van der Waals surface area contributed by atoms with Gasteiger partial charge in [-0.3, -0.25) is 9.59 Å². The Hall–Kier alpha value is -3.20. The third-order valence-electron chi connectivity index (χ3n) is 5.27. The fourth-order valence-corrected chi connectivity index (χ4v) is 3.56. The van der Waals surface area contributed by atoms with E-state index in [4.69, 9.17) is 10.4 Å². The first kappa shape index (κ1) is 26.1. The highest BCUT2D eigenvalue weighted by molar-refractivity contribution is 6.05. The van der Waals surface area contributed by atoms with Crippen LogP contribution in [0.1, 0.15) is 53.0 Å². The van der Waals surface area contributed by atoms with Gasteiger partial charge in [-0.2, -0.15) is 0 Å². The second kappa shape index (κ2) is 11.6. The number of hydrogen-bond acceptors (Lipinski definition) is 7. The fraction of sp³-hybridized carbons (Fsp3) is 0.500. The number of aromatic amines is 1. The van der Waals surface area contributed by atoms with Crippen molar-refractivity contribution in [2.75, 3.05) is 44.4 Å². The van der Waals surface area contributed by atoms with Gasteiger partial charge in [0.25, 0.3) is 11.5 Å². The smallest absolute Gasteiger partial charge is 0.253 e. The first-order valence-electron chi connectivity index (χ1n) is 11.2. The zero-order chi connectivity index (χ0) is 24.7. The normalized spacial score (nSPS) is 11.1. The molecule has 0 fully saturated rings. The van der Waals surface area contributed by atoms with Crippen LogP contribution in [-0.2, 0) is 6.54 Å². The average molecular weight is 456 g/mol. The topological polar surface area (TPSA) is 117 Å². The van der Waals surface area contributed by atoms with Crippen molar-refractivity contribution in [1.82, 2.24) is 20.2 Å². The van der Waals surface area contributed by atoms with Gasteiger partial charge in [0.2, 0.25) is 0 Å². The first-order chi connectivity index (χ1) is 15.5. The summed E-state index contributed by atoms with van der Waals surface area (Å²) in [6.45, 7) is 9.45. The van der Waals surface area contributed by atoms with Gasteiger partial charge in [-0.05, 0) is 72.5 Å². The van der Waals surface area contributed by atoms with Crippen molar-refractivity contribution in [3.63, 3.8) is 0 Å². The number of nitrogens with one attached hydrogen (secondary N) is 4. The molecule has 0 atom stereocenters. The first-order valence-corrected chi connectivity index (χ1v) is 11.2. The van der Waals surface area contributed by atoms with E-state index in [2.05, 4.69) is 20.5 Å². The van der Waals surface area contributed by atoms with Gasteiger partial charge in [-0.1, -0.05) is 0 Å². The van der Waals surface area contributed by atoms with E-state index in [9.17, 15) is 9.59 Å². The molecule has 0 radical (unpaired) electrons.